The third-order valence-electron chi connectivity index (χ3n) is 5.35. The zero-order chi connectivity index (χ0) is 20.6. The highest BCUT2D eigenvalue weighted by atomic mass is 16.5. The van der Waals surface area contributed by atoms with Gasteiger partial charge < -0.3 is 19.3 Å². The summed E-state index contributed by atoms with van der Waals surface area (Å²) in [6.45, 7) is 10.5. The van der Waals surface area contributed by atoms with Crippen molar-refractivity contribution in [2.75, 3.05) is 33.5 Å². The summed E-state index contributed by atoms with van der Waals surface area (Å²) < 4.78 is 16.5. The van der Waals surface area contributed by atoms with Crippen molar-refractivity contribution in [1.29, 1.82) is 0 Å². The van der Waals surface area contributed by atoms with Crippen molar-refractivity contribution in [3.63, 3.8) is 0 Å². The van der Waals surface area contributed by atoms with Crippen LogP contribution in [0.25, 0.3) is 0 Å². The van der Waals surface area contributed by atoms with Crippen LogP contribution in [0.5, 0.6) is 11.5 Å². The Labute approximate surface area is 170 Å². The Morgan fingerprint density at radius 3 is 2.18 bits per heavy atom. The van der Waals surface area contributed by atoms with Gasteiger partial charge in [0, 0.05) is 24.7 Å². The predicted molar refractivity (Wildman–Crippen MR) is 112 cm³/mol. The maximum absolute atomic E-state index is 10.6. The lowest BCUT2D eigenvalue weighted by Gasteiger charge is -2.53. The second-order valence-corrected chi connectivity index (χ2v) is 8.58. The van der Waals surface area contributed by atoms with E-state index in [1.807, 2.05) is 24.3 Å². The summed E-state index contributed by atoms with van der Waals surface area (Å²) in [5.41, 5.74) is 0.148. The molecule has 0 aromatic heterocycles. The van der Waals surface area contributed by atoms with Gasteiger partial charge in [0.25, 0.3) is 0 Å². The number of benzene rings is 1. The van der Waals surface area contributed by atoms with Crippen molar-refractivity contribution >= 4 is 0 Å². The van der Waals surface area contributed by atoms with Gasteiger partial charge >= 0.3 is 0 Å². The second kappa shape index (κ2) is 10.2. The topological polar surface area (TPSA) is 51.2 Å². The number of hydrogen-bond acceptors (Lipinski definition) is 5. The van der Waals surface area contributed by atoms with Gasteiger partial charge in [-0.3, -0.25) is 4.90 Å². The molecular formula is C23H35NO4. The van der Waals surface area contributed by atoms with Crippen molar-refractivity contribution in [2.24, 2.45) is 0 Å². The number of aliphatic hydroxyl groups is 1. The quantitative estimate of drug-likeness (QED) is 0.690. The molecule has 1 aromatic rings. The van der Waals surface area contributed by atoms with E-state index >= 15 is 0 Å². The van der Waals surface area contributed by atoms with Gasteiger partial charge in [0.1, 0.15) is 25.9 Å². The van der Waals surface area contributed by atoms with Gasteiger partial charge in [0.15, 0.2) is 11.5 Å². The van der Waals surface area contributed by atoms with E-state index in [9.17, 15) is 5.11 Å². The molecule has 5 heteroatoms. The fraction of sp³-hybridized carbons (Fsp3) is 0.652. The summed E-state index contributed by atoms with van der Waals surface area (Å²) in [4.78, 5) is 2.42. The van der Waals surface area contributed by atoms with Crippen LogP contribution in [-0.4, -0.2) is 60.7 Å². The molecule has 1 aromatic carbocycles. The molecule has 1 aliphatic heterocycles. The van der Waals surface area contributed by atoms with Gasteiger partial charge in [-0.1, -0.05) is 24.0 Å². The average molecular weight is 390 g/mol. The molecule has 5 nitrogen and oxygen atoms in total. The molecule has 1 aliphatic rings. The van der Waals surface area contributed by atoms with Crippen LogP contribution in [0.15, 0.2) is 24.3 Å². The van der Waals surface area contributed by atoms with E-state index in [0.29, 0.717) is 24.7 Å². The number of piperidine rings is 1. The summed E-state index contributed by atoms with van der Waals surface area (Å²) in [5, 5.41) is 10.6. The van der Waals surface area contributed by atoms with Crippen LogP contribution in [-0.2, 0) is 4.74 Å². The minimum atomic E-state index is -0.578. The summed E-state index contributed by atoms with van der Waals surface area (Å²) >= 11 is 0. The van der Waals surface area contributed by atoms with E-state index in [2.05, 4.69) is 44.4 Å². The zero-order valence-electron chi connectivity index (χ0n) is 18.0. The zero-order valence-corrected chi connectivity index (χ0v) is 18.0. The first-order valence-electron chi connectivity index (χ1n) is 10.0. The molecule has 28 heavy (non-hydrogen) atoms. The predicted octanol–water partition coefficient (Wildman–Crippen LogP) is 3.50. The average Bonchev–Trinajstić information content (AvgIpc) is 2.63. The standard InChI is InChI=1S/C23H35NO4/c1-22(2)13-10-14-23(3,4)24(22)17-19(25)18-28-21-12-7-6-11-20(21)27-16-9-8-15-26-5/h6-7,11-12,19,25H,10,13-18H2,1-5H3. The largest absolute Gasteiger partial charge is 0.487 e. The minimum Gasteiger partial charge on any atom is -0.487 e. The molecular weight excluding hydrogens is 354 g/mol. The normalized spacial score (nSPS) is 19.4. The van der Waals surface area contributed by atoms with E-state index in [1.54, 1.807) is 7.11 Å². The van der Waals surface area contributed by atoms with Gasteiger partial charge in [-0.2, -0.15) is 0 Å². The second-order valence-electron chi connectivity index (χ2n) is 8.58. The van der Waals surface area contributed by atoms with Gasteiger partial charge in [0.05, 0.1) is 0 Å². The molecule has 1 unspecified atom stereocenters. The molecule has 1 fully saturated rings. The number of likely N-dealkylation sites (tertiary alicyclic amines) is 1. The lowest BCUT2D eigenvalue weighted by Crippen LogP contribution is -2.60. The maximum Gasteiger partial charge on any atom is 0.162 e. The summed E-state index contributed by atoms with van der Waals surface area (Å²) in [5.74, 6) is 6.99. The van der Waals surface area contributed by atoms with E-state index < -0.39 is 6.10 Å². The first kappa shape index (κ1) is 22.5. The first-order valence-corrected chi connectivity index (χ1v) is 10.0. The Morgan fingerprint density at radius 2 is 1.57 bits per heavy atom. The van der Waals surface area contributed by atoms with Gasteiger partial charge in [-0.25, -0.2) is 0 Å². The molecule has 156 valence electrons. The molecule has 2 rings (SSSR count). The Kier molecular flexibility index (Phi) is 8.18. The van der Waals surface area contributed by atoms with Crippen LogP contribution in [0.2, 0.25) is 0 Å². The van der Waals surface area contributed by atoms with E-state index in [1.165, 1.54) is 6.42 Å². The Bertz CT molecular complexity index is 659. The highest BCUT2D eigenvalue weighted by Crippen LogP contribution is 2.38. The van der Waals surface area contributed by atoms with E-state index in [0.717, 1.165) is 12.8 Å². The smallest absolute Gasteiger partial charge is 0.162 e. The molecule has 1 N–H and O–H groups in total. The number of β-amino-alcohol motifs (C(OH)–C–C–N with tert-alkyl or cyclic N) is 1. The number of nitrogens with zero attached hydrogens (tertiary/aromatic N) is 1. The van der Waals surface area contributed by atoms with Crippen LogP contribution in [0.1, 0.15) is 47.0 Å². The molecule has 1 saturated heterocycles. The number of aliphatic hydroxyl groups excluding tert-OH is 1. The molecule has 0 spiro atoms. The van der Waals surface area contributed by atoms with Gasteiger partial charge in [-0.15, -0.1) is 0 Å². The summed E-state index contributed by atoms with van der Waals surface area (Å²) in [6.07, 6.45) is 2.93. The highest BCUT2D eigenvalue weighted by molar-refractivity contribution is 5.39. The molecule has 0 radical (unpaired) electrons. The third-order valence-corrected chi connectivity index (χ3v) is 5.35. The first-order chi connectivity index (χ1) is 13.3. The van der Waals surface area contributed by atoms with Crippen LogP contribution < -0.4 is 9.47 Å². The number of ether oxygens (including phenoxy) is 3. The fourth-order valence-electron chi connectivity index (χ4n) is 3.96. The van der Waals surface area contributed by atoms with E-state index in [-0.39, 0.29) is 24.3 Å². The molecule has 1 atom stereocenters. The van der Waals surface area contributed by atoms with Crippen LogP contribution >= 0.6 is 0 Å². The Morgan fingerprint density at radius 1 is 1.00 bits per heavy atom. The van der Waals surface area contributed by atoms with Crippen molar-refractivity contribution in [3.8, 4) is 23.3 Å². The van der Waals surface area contributed by atoms with Crippen LogP contribution in [0.3, 0.4) is 0 Å². The lowest BCUT2D eigenvalue weighted by molar-refractivity contribution is -0.0607. The SMILES string of the molecule is COCC#CCOc1ccccc1OCC(O)CN1C(C)(C)CCCC1(C)C. The number of rotatable bonds is 8. The highest BCUT2D eigenvalue weighted by Gasteiger charge is 2.41. The van der Waals surface area contributed by atoms with Gasteiger partial charge in [0.2, 0.25) is 0 Å². The molecule has 0 saturated carbocycles. The number of hydrogen-bond donors (Lipinski definition) is 1. The van der Waals surface area contributed by atoms with Crippen molar-refractivity contribution in [1.82, 2.24) is 4.90 Å². The molecule has 0 bridgehead atoms. The van der Waals surface area contributed by atoms with Crippen molar-refractivity contribution in [3.05, 3.63) is 24.3 Å². The molecule has 0 amide bonds. The fourth-order valence-corrected chi connectivity index (χ4v) is 3.96. The third kappa shape index (κ3) is 6.41. The van der Waals surface area contributed by atoms with Crippen LogP contribution in [0.4, 0.5) is 0 Å². The summed E-state index contributed by atoms with van der Waals surface area (Å²) in [6, 6.07) is 7.47. The Balaban J connectivity index is 1.92. The molecule has 0 aliphatic carbocycles. The van der Waals surface area contributed by atoms with Gasteiger partial charge in [-0.05, 0) is 59.1 Å². The lowest BCUT2D eigenvalue weighted by atomic mass is 9.79. The summed E-state index contributed by atoms with van der Waals surface area (Å²) in [7, 11) is 1.61. The number of para-hydroxylation sites is 2. The van der Waals surface area contributed by atoms with Crippen molar-refractivity contribution < 1.29 is 19.3 Å². The maximum atomic E-state index is 10.6. The number of methoxy groups -OCH3 is 1. The van der Waals surface area contributed by atoms with Crippen molar-refractivity contribution in [2.45, 2.75) is 64.1 Å². The monoisotopic (exact) mass is 389 g/mol. The molecule has 1 heterocycles. The van der Waals surface area contributed by atoms with E-state index in [4.69, 9.17) is 14.2 Å². The van der Waals surface area contributed by atoms with Crippen LogP contribution in [0, 0.1) is 11.8 Å². The minimum absolute atomic E-state index is 0.0740. The Hall–Kier alpha value is -1.74.